The fourth-order valence-electron chi connectivity index (χ4n) is 2.56. The highest BCUT2D eigenvalue weighted by Crippen LogP contribution is 2.07. The van der Waals surface area contributed by atoms with E-state index in [2.05, 4.69) is 20.9 Å². The van der Waals surface area contributed by atoms with E-state index in [1.54, 1.807) is 13.8 Å². The van der Waals surface area contributed by atoms with Crippen molar-refractivity contribution in [1.29, 1.82) is 0 Å². The largest absolute Gasteiger partial charge is 0.481 e. The van der Waals surface area contributed by atoms with Crippen LogP contribution in [0.3, 0.4) is 0 Å². The number of carboxylic acid groups (broad SMARTS) is 2. The Labute approximate surface area is 190 Å². The van der Waals surface area contributed by atoms with Crippen molar-refractivity contribution in [2.45, 2.75) is 57.3 Å². The van der Waals surface area contributed by atoms with E-state index in [4.69, 9.17) is 27.4 Å². The molecule has 0 aromatic heterocycles. The summed E-state index contributed by atoms with van der Waals surface area (Å²) in [7, 11) is 0. The zero-order chi connectivity index (χ0) is 25.7. The lowest BCUT2D eigenvalue weighted by Gasteiger charge is -2.26. The van der Waals surface area contributed by atoms with Crippen molar-refractivity contribution < 1.29 is 39.3 Å². The van der Waals surface area contributed by atoms with Gasteiger partial charge in [0, 0.05) is 6.54 Å². The summed E-state index contributed by atoms with van der Waals surface area (Å²) in [5.41, 5.74) is 15.8. The lowest BCUT2D eigenvalue weighted by molar-refractivity contribution is -0.143. The molecule has 0 saturated heterocycles. The maximum atomic E-state index is 12.7. The molecule has 15 heteroatoms. The molecule has 0 aliphatic rings. The second-order valence-corrected chi connectivity index (χ2v) is 7.53. The third-order valence-electron chi connectivity index (χ3n) is 4.35. The molecule has 15 nitrogen and oxygen atoms in total. The van der Waals surface area contributed by atoms with Crippen LogP contribution in [-0.2, 0) is 24.0 Å². The molecule has 0 aromatic carbocycles. The quantitative estimate of drug-likeness (QED) is 0.0625. The second kappa shape index (κ2) is 14.6. The first-order valence-corrected chi connectivity index (χ1v) is 10.1. The summed E-state index contributed by atoms with van der Waals surface area (Å²) in [6.45, 7) is 2.57. The molecule has 0 aliphatic carbocycles. The number of amides is 3. The Morgan fingerprint density at radius 1 is 0.909 bits per heavy atom. The number of hydrogen-bond donors (Lipinski definition) is 9. The van der Waals surface area contributed by atoms with Crippen LogP contribution in [-0.4, -0.2) is 88.3 Å². The van der Waals surface area contributed by atoms with Crippen LogP contribution >= 0.6 is 0 Å². The molecule has 0 heterocycles. The van der Waals surface area contributed by atoms with Crippen molar-refractivity contribution >= 4 is 35.6 Å². The van der Waals surface area contributed by atoms with E-state index in [1.807, 2.05) is 0 Å². The molecule has 33 heavy (non-hydrogen) atoms. The zero-order valence-corrected chi connectivity index (χ0v) is 18.5. The van der Waals surface area contributed by atoms with Gasteiger partial charge in [-0.25, -0.2) is 4.79 Å². The number of guanidine groups is 1. The molecule has 4 atom stereocenters. The van der Waals surface area contributed by atoms with E-state index in [9.17, 15) is 29.1 Å². The molecule has 0 aliphatic heterocycles. The van der Waals surface area contributed by atoms with Gasteiger partial charge in [0.2, 0.25) is 17.7 Å². The fraction of sp³-hybridized carbons (Fsp3) is 0.667. The van der Waals surface area contributed by atoms with Gasteiger partial charge in [-0.1, -0.05) is 13.8 Å². The van der Waals surface area contributed by atoms with Gasteiger partial charge >= 0.3 is 11.9 Å². The maximum absolute atomic E-state index is 12.7. The van der Waals surface area contributed by atoms with Gasteiger partial charge in [0.1, 0.15) is 24.2 Å². The number of nitrogens with two attached hydrogens (primary N) is 3. The number of aliphatic hydroxyl groups excluding tert-OH is 1. The number of rotatable bonds is 15. The summed E-state index contributed by atoms with van der Waals surface area (Å²) in [5.74, 6) is -6.18. The van der Waals surface area contributed by atoms with Gasteiger partial charge in [-0.05, 0) is 18.8 Å². The minimum Gasteiger partial charge on any atom is -0.481 e. The average Bonchev–Trinajstić information content (AvgIpc) is 2.71. The maximum Gasteiger partial charge on any atom is 0.326 e. The van der Waals surface area contributed by atoms with E-state index < -0.39 is 72.8 Å². The van der Waals surface area contributed by atoms with Gasteiger partial charge in [-0.3, -0.25) is 24.2 Å². The van der Waals surface area contributed by atoms with Gasteiger partial charge < -0.3 is 48.5 Å². The van der Waals surface area contributed by atoms with Crippen molar-refractivity contribution in [2.24, 2.45) is 28.1 Å². The molecule has 0 saturated carbocycles. The second-order valence-electron chi connectivity index (χ2n) is 7.53. The summed E-state index contributed by atoms with van der Waals surface area (Å²) in [4.78, 5) is 63.5. The van der Waals surface area contributed by atoms with Crippen molar-refractivity contribution in [2.75, 3.05) is 13.2 Å². The van der Waals surface area contributed by atoms with Crippen LogP contribution in [0.25, 0.3) is 0 Å². The smallest absolute Gasteiger partial charge is 0.326 e. The van der Waals surface area contributed by atoms with E-state index in [1.165, 1.54) is 0 Å². The number of carbonyl (C=O) groups is 5. The monoisotopic (exact) mass is 475 g/mol. The molecule has 12 N–H and O–H groups in total. The first kappa shape index (κ1) is 29.5. The van der Waals surface area contributed by atoms with Gasteiger partial charge in [0.05, 0.1) is 13.0 Å². The Hall–Kier alpha value is -3.46. The van der Waals surface area contributed by atoms with Gasteiger partial charge in [-0.2, -0.15) is 0 Å². The number of hydrogen-bond acceptors (Lipinski definition) is 8. The third-order valence-corrected chi connectivity index (χ3v) is 4.35. The molecular formula is C18H33N7O8. The normalized spacial score (nSPS) is 14.3. The predicted molar refractivity (Wildman–Crippen MR) is 115 cm³/mol. The Morgan fingerprint density at radius 3 is 1.94 bits per heavy atom. The predicted octanol–water partition coefficient (Wildman–Crippen LogP) is -3.97. The summed E-state index contributed by atoms with van der Waals surface area (Å²) < 4.78 is 0. The van der Waals surface area contributed by atoms with Crippen molar-refractivity contribution in [1.82, 2.24) is 16.0 Å². The molecule has 0 fully saturated rings. The number of aliphatic hydroxyl groups is 1. The Bertz CT molecular complexity index is 739. The van der Waals surface area contributed by atoms with Crippen LogP contribution < -0.4 is 33.2 Å². The van der Waals surface area contributed by atoms with Gasteiger partial charge in [0.25, 0.3) is 0 Å². The number of carbonyl (C=O) groups excluding carboxylic acids is 3. The minimum absolute atomic E-state index is 0.00730. The highest BCUT2D eigenvalue weighted by atomic mass is 16.4. The first-order valence-electron chi connectivity index (χ1n) is 10.1. The van der Waals surface area contributed by atoms with Crippen molar-refractivity contribution in [3.05, 3.63) is 0 Å². The highest BCUT2D eigenvalue weighted by molar-refractivity contribution is 5.95. The molecule has 0 spiro atoms. The van der Waals surface area contributed by atoms with Crippen LogP contribution in [0.2, 0.25) is 0 Å². The standard InChI is InChI=1S/C18H33N7O8/c1-8(2)13(16(31)23-10(17(32)33)4-3-5-22-18(20)21)25-15(30)11(6-12(27)28)24-14(29)9(19)7-26/h8-11,13,26H,3-7,19H2,1-2H3,(H,23,31)(H,24,29)(H,25,30)(H,27,28)(H,32,33)(H4,20,21,22). The third kappa shape index (κ3) is 11.6. The SMILES string of the molecule is CC(C)C(NC(=O)C(CC(=O)O)NC(=O)C(N)CO)C(=O)NC(CCCN=C(N)N)C(=O)O. The van der Waals surface area contributed by atoms with Crippen LogP contribution in [0.4, 0.5) is 0 Å². The van der Waals surface area contributed by atoms with E-state index in [0.29, 0.717) is 0 Å². The molecule has 3 amide bonds. The molecule has 0 aromatic rings. The van der Waals surface area contributed by atoms with Gasteiger partial charge in [-0.15, -0.1) is 0 Å². The van der Waals surface area contributed by atoms with Crippen LogP contribution in [0.5, 0.6) is 0 Å². The highest BCUT2D eigenvalue weighted by Gasteiger charge is 2.32. The summed E-state index contributed by atoms with van der Waals surface area (Å²) >= 11 is 0. The first-order chi connectivity index (χ1) is 15.3. The minimum atomic E-state index is -1.59. The van der Waals surface area contributed by atoms with Crippen LogP contribution in [0, 0.1) is 5.92 Å². The molecular weight excluding hydrogens is 442 g/mol. The van der Waals surface area contributed by atoms with Crippen LogP contribution in [0.15, 0.2) is 4.99 Å². The van der Waals surface area contributed by atoms with E-state index >= 15 is 0 Å². The molecule has 4 unspecified atom stereocenters. The summed E-state index contributed by atoms with van der Waals surface area (Å²) in [6.07, 6.45) is -0.552. The average molecular weight is 476 g/mol. The zero-order valence-electron chi connectivity index (χ0n) is 18.5. The molecule has 188 valence electrons. The van der Waals surface area contributed by atoms with Crippen molar-refractivity contribution in [3.8, 4) is 0 Å². The number of nitrogens with one attached hydrogen (secondary N) is 3. The number of aliphatic carboxylic acids is 2. The number of aliphatic imine (C=N–C) groups is 1. The number of nitrogens with zero attached hydrogens (tertiary/aromatic N) is 1. The number of carboxylic acids is 2. The Balaban J connectivity index is 5.34. The Morgan fingerprint density at radius 2 is 1.48 bits per heavy atom. The summed E-state index contributed by atoms with van der Waals surface area (Å²) in [6, 6.07) is -5.50. The van der Waals surface area contributed by atoms with Gasteiger partial charge in [0.15, 0.2) is 5.96 Å². The molecule has 0 radical (unpaired) electrons. The summed E-state index contributed by atoms with van der Waals surface area (Å²) in [5, 5.41) is 34.1. The molecule has 0 bridgehead atoms. The van der Waals surface area contributed by atoms with Crippen LogP contribution in [0.1, 0.15) is 33.1 Å². The van der Waals surface area contributed by atoms with E-state index in [0.717, 1.165) is 0 Å². The topological polar surface area (TPSA) is 273 Å². The lowest BCUT2D eigenvalue weighted by atomic mass is 10.0. The fourth-order valence-corrected chi connectivity index (χ4v) is 2.56. The van der Waals surface area contributed by atoms with Crippen molar-refractivity contribution in [3.63, 3.8) is 0 Å². The molecule has 0 rings (SSSR count). The van der Waals surface area contributed by atoms with E-state index in [-0.39, 0.29) is 25.3 Å². The lowest BCUT2D eigenvalue weighted by Crippen LogP contribution is -2.59. The Kier molecular flexibility index (Phi) is 13.0.